The van der Waals surface area contributed by atoms with Gasteiger partial charge in [0.05, 0.1) is 0 Å². The Bertz CT molecular complexity index is 823. The fraction of sp³-hybridized carbons (Fsp3) is 0.300. The predicted octanol–water partition coefficient (Wildman–Crippen LogP) is 4.40. The van der Waals surface area contributed by atoms with Gasteiger partial charge in [-0.1, -0.05) is 42.5 Å². The minimum absolute atomic E-state index is 0. The Balaban J connectivity index is 0.00000121. The van der Waals surface area contributed by atoms with Gasteiger partial charge in [0.1, 0.15) is 0 Å². The van der Waals surface area contributed by atoms with E-state index >= 15 is 0 Å². The molecule has 1 fully saturated rings. The van der Waals surface area contributed by atoms with Gasteiger partial charge < -0.3 is 10.2 Å². The lowest BCUT2D eigenvalue weighted by Crippen LogP contribution is -2.34. The molecule has 0 radical (unpaired) electrons. The molecule has 0 spiro atoms. The molecule has 138 valence electrons. The Labute approximate surface area is 166 Å². The average Bonchev–Trinajstić information content (AvgIpc) is 3.10. The van der Waals surface area contributed by atoms with Crippen molar-refractivity contribution >= 4 is 41.5 Å². The molecule has 1 saturated heterocycles. The summed E-state index contributed by atoms with van der Waals surface area (Å²) < 4.78 is 0. The third kappa shape index (κ3) is 4.26. The first-order valence-corrected chi connectivity index (χ1v) is 8.57. The summed E-state index contributed by atoms with van der Waals surface area (Å²) in [4.78, 5) is 11.0. The Hall–Kier alpha value is -1.88. The highest BCUT2D eigenvalue weighted by Gasteiger charge is 2.25. The van der Waals surface area contributed by atoms with E-state index in [1.807, 2.05) is 18.5 Å². The maximum atomic E-state index is 4.36. The van der Waals surface area contributed by atoms with Crippen molar-refractivity contribution < 1.29 is 0 Å². The van der Waals surface area contributed by atoms with E-state index in [1.165, 1.54) is 16.3 Å². The highest BCUT2D eigenvalue weighted by atomic mass is 35.5. The number of aromatic nitrogens is 2. The van der Waals surface area contributed by atoms with Crippen LogP contribution in [-0.2, 0) is 0 Å². The molecular weight excluding hydrogens is 367 g/mol. The van der Waals surface area contributed by atoms with Crippen molar-refractivity contribution in [2.45, 2.75) is 25.4 Å². The van der Waals surface area contributed by atoms with Gasteiger partial charge in [-0.25, -0.2) is 9.97 Å². The van der Waals surface area contributed by atoms with Gasteiger partial charge in [-0.3, -0.25) is 0 Å². The third-order valence-electron chi connectivity index (χ3n) is 4.80. The van der Waals surface area contributed by atoms with Gasteiger partial charge in [0.2, 0.25) is 5.95 Å². The molecule has 2 aromatic carbocycles. The fourth-order valence-corrected chi connectivity index (χ4v) is 3.60. The molecule has 4 nitrogen and oxygen atoms in total. The highest BCUT2D eigenvalue weighted by Crippen LogP contribution is 2.25. The summed E-state index contributed by atoms with van der Waals surface area (Å²) >= 11 is 0. The standard InChI is InChI=1S/C20H22N4.2ClH/c1-15(18-9-4-7-16-6-2-3-8-19(16)18)23-17-10-13-24(14-17)20-21-11-5-12-22-20;;/h2-9,11-12,15,17,23H,10,13-14H2,1H3;2*1H/t15-,17+;;/m1../s1. The quantitative estimate of drug-likeness (QED) is 0.716. The zero-order valence-electron chi connectivity index (χ0n) is 14.7. The molecule has 0 saturated carbocycles. The Morgan fingerprint density at radius 2 is 1.73 bits per heavy atom. The Morgan fingerprint density at radius 3 is 2.54 bits per heavy atom. The second-order valence-corrected chi connectivity index (χ2v) is 6.44. The van der Waals surface area contributed by atoms with Crippen LogP contribution in [0.5, 0.6) is 0 Å². The van der Waals surface area contributed by atoms with Crippen LogP contribution in [0.1, 0.15) is 24.9 Å². The monoisotopic (exact) mass is 390 g/mol. The minimum atomic E-state index is 0. The molecule has 2 atom stereocenters. The summed E-state index contributed by atoms with van der Waals surface area (Å²) in [5.41, 5.74) is 1.36. The van der Waals surface area contributed by atoms with Crippen LogP contribution in [0.15, 0.2) is 60.9 Å². The molecule has 0 aliphatic carbocycles. The second kappa shape index (κ2) is 9.17. The highest BCUT2D eigenvalue weighted by molar-refractivity contribution is 5.86. The molecule has 4 rings (SSSR count). The average molecular weight is 391 g/mol. The van der Waals surface area contributed by atoms with E-state index in [0.717, 1.165) is 25.5 Å². The number of nitrogens with one attached hydrogen (secondary N) is 1. The van der Waals surface area contributed by atoms with Crippen molar-refractivity contribution in [3.8, 4) is 0 Å². The Kier molecular flexibility index (Phi) is 7.21. The molecule has 0 bridgehead atoms. The SMILES string of the molecule is C[C@@H](N[C@H]1CCN(c2ncccn2)C1)c1cccc2ccccc12.Cl.Cl. The molecule has 2 heterocycles. The number of rotatable bonds is 4. The van der Waals surface area contributed by atoms with Crippen molar-refractivity contribution in [2.24, 2.45) is 0 Å². The van der Waals surface area contributed by atoms with E-state index < -0.39 is 0 Å². The normalized spacial score (nSPS) is 17.4. The summed E-state index contributed by atoms with van der Waals surface area (Å²) in [6.45, 7) is 4.21. The van der Waals surface area contributed by atoms with Crippen LogP contribution >= 0.6 is 24.8 Å². The van der Waals surface area contributed by atoms with Crippen LogP contribution in [0.3, 0.4) is 0 Å². The van der Waals surface area contributed by atoms with E-state index in [2.05, 4.69) is 69.6 Å². The number of benzene rings is 2. The molecule has 26 heavy (non-hydrogen) atoms. The molecule has 6 heteroatoms. The molecule has 1 N–H and O–H groups in total. The van der Waals surface area contributed by atoms with E-state index in [9.17, 15) is 0 Å². The molecule has 1 aromatic heterocycles. The maximum absolute atomic E-state index is 4.36. The number of hydrogen-bond acceptors (Lipinski definition) is 4. The minimum Gasteiger partial charge on any atom is -0.339 e. The Morgan fingerprint density at radius 1 is 1.00 bits per heavy atom. The summed E-state index contributed by atoms with van der Waals surface area (Å²) in [6.07, 6.45) is 4.73. The van der Waals surface area contributed by atoms with Gasteiger partial charge in [0, 0.05) is 37.6 Å². The van der Waals surface area contributed by atoms with Gasteiger partial charge in [0.15, 0.2) is 0 Å². The topological polar surface area (TPSA) is 41.0 Å². The predicted molar refractivity (Wildman–Crippen MR) is 113 cm³/mol. The molecule has 0 unspecified atom stereocenters. The van der Waals surface area contributed by atoms with Gasteiger partial charge in [-0.2, -0.15) is 0 Å². The van der Waals surface area contributed by atoms with Crippen LogP contribution in [-0.4, -0.2) is 29.1 Å². The maximum Gasteiger partial charge on any atom is 0.225 e. The van der Waals surface area contributed by atoms with E-state index in [-0.39, 0.29) is 24.8 Å². The van der Waals surface area contributed by atoms with Gasteiger partial charge in [-0.05, 0) is 35.7 Å². The summed E-state index contributed by atoms with van der Waals surface area (Å²) in [6, 6.07) is 17.8. The van der Waals surface area contributed by atoms with Crippen LogP contribution in [0.25, 0.3) is 10.8 Å². The number of anilines is 1. The lowest BCUT2D eigenvalue weighted by atomic mass is 9.99. The van der Waals surface area contributed by atoms with Crippen molar-refractivity contribution in [2.75, 3.05) is 18.0 Å². The first-order chi connectivity index (χ1) is 11.8. The number of halogens is 2. The lowest BCUT2D eigenvalue weighted by Gasteiger charge is -2.22. The number of fused-ring (bicyclic) bond motifs is 1. The van der Waals surface area contributed by atoms with Crippen LogP contribution in [0, 0.1) is 0 Å². The molecule has 0 amide bonds. The summed E-state index contributed by atoms with van der Waals surface area (Å²) in [7, 11) is 0. The zero-order chi connectivity index (χ0) is 16.4. The number of hydrogen-bond donors (Lipinski definition) is 1. The number of nitrogens with zero attached hydrogens (tertiary/aromatic N) is 3. The van der Waals surface area contributed by atoms with Crippen LogP contribution in [0.4, 0.5) is 5.95 Å². The van der Waals surface area contributed by atoms with E-state index in [1.54, 1.807) is 0 Å². The molecular formula is C20H24Cl2N4. The van der Waals surface area contributed by atoms with Crippen molar-refractivity contribution in [3.05, 3.63) is 66.5 Å². The van der Waals surface area contributed by atoms with E-state index in [4.69, 9.17) is 0 Å². The summed E-state index contributed by atoms with van der Waals surface area (Å²) in [5, 5.41) is 6.42. The second-order valence-electron chi connectivity index (χ2n) is 6.44. The van der Waals surface area contributed by atoms with Crippen molar-refractivity contribution in [3.63, 3.8) is 0 Å². The van der Waals surface area contributed by atoms with Gasteiger partial charge in [-0.15, -0.1) is 24.8 Å². The molecule has 1 aliphatic heterocycles. The fourth-order valence-electron chi connectivity index (χ4n) is 3.60. The van der Waals surface area contributed by atoms with Crippen LogP contribution in [0.2, 0.25) is 0 Å². The largest absolute Gasteiger partial charge is 0.339 e. The van der Waals surface area contributed by atoms with Gasteiger partial charge >= 0.3 is 0 Å². The van der Waals surface area contributed by atoms with Crippen molar-refractivity contribution in [1.82, 2.24) is 15.3 Å². The first-order valence-electron chi connectivity index (χ1n) is 8.57. The zero-order valence-corrected chi connectivity index (χ0v) is 16.3. The van der Waals surface area contributed by atoms with Gasteiger partial charge in [0.25, 0.3) is 0 Å². The summed E-state index contributed by atoms with van der Waals surface area (Å²) in [5.74, 6) is 0.833. The first kappa shape index (κ1) is 20.4. The smallest absolute Gasteiger partial charge is 0.225 e. The van der Waals surface area contributed by atoms with Crippen LogP contribution < -0.4 is 10.2 Å². The lowest BCUT2D eigenvalue weighted by molar-refractivity contribution is 0.483. The third-order valence-corrected chi connectivity index (χ3v) is 4.80. The van der Waals surface area contributed by atoms with Crippen molar-refractivity contribution in [1.29, 1.82) is 0 Å². The molecule has 3 aromatic rings. The van der Waals surface area contributed by atoms with E-state index in [0.29, 0.717) is 12.1 Å². The molecule has 1 aliphatic rings.